The van der Waals surface area contributed by atoms with Gasteiger partial charge in [-0.05, 0) is 50.6 Å². The van der Waals surface area contributed by atoms with Crippen molar-refractivity contribution in [1.82, 2.24) is 30.5 Å². The van der Waals surface area contributed by atoms with Crippen LogP contribution in [0.4, 0.5) is 5.82 Å². The van der Waals surface area contributed by atoms with E-state index >= 15 is 0 Å². The molecule has 8 nitrogen and oxygen atoms in total. The van der Waals surface area contributed by atoms with Gasteiger partial charge in [0.15, 0.2) is 11.5 Å². The Morgan fingerprint density at radius 2 is 1.67 bits per heavy atom. The molecule has 0 aliphatic carbocycles. The average Bonchev–Trinajstić information content (AvgIpc) is 2.88. The molecular formula is C28H25N7O. The lowest BCUT2D eigenvalue weighted by Crippen LogP contribution is -2.43. The van der Waals surface area contributed by atoms with Crippen LogP contribution in [0.1, 0.15) is 35.6 Å². The Kier molecular flexibility index (Phi) is 5.85. The number of nitrogens with two attached hydrogens (primary N) is 1. The number of aromatic nitrogens is 5. The Morgan fingerprint density at radius 3 is 2.44 bits per heavy atom. The van der Waals surface area contributed by atoms with Gasteiger partial charge in [0.1, 0.15) is 0 Å². The van der Waals surface area contributed by atoms with Gasteiger partial charge in [0.05, 0.1) is 28.1 Å². The van der Waals surface area contributed by atoms with Crippen LogP contribution in [-0.2, 0) is 5.54 Å². The number of nitrogen functional groups attached to an aromatic ring is 1. The summed E-state index contributed by atoms with van der Waals surface area (Å²) in [5.41, 5.74) is 10.8. The van der Waals surface area contributed by atoms with Crippen molar-refractivity contribution >= 4 is 22.6 Å². The van der Waals surface area contributed by atoms with Crippen LogP contribution >= 0.6 is 0 Å². The van der Waals surface area contributed by atoms with E-state index in [4.69, 9.17) is 10.7 Å². The minimum absolute atomic E-state index is 0.0456. The number of anilines is 1. The Morgan fingerprint density at radius 1 is 0.889 bits per heavy atom. The Labute approximate surface area is 208 Å². The molecule has 0 aliphatic heterocycles. The molecule has 0 unspecified atom stereocenters. The summed E-state index contributed by atoms with van der Waals surface area (Å²) in [7, 11) is 0. The second-order valence-corrected chi connectivity index (χ2v) is 9.07. The lowest BCUT2D eigenvalue weighted by Gasteiger charge is -2.26. The first kappa shape index (κ1) is 23.0. The van der Waals surface area contributed by atoms with Gasteiger partial charge in [-0.2, -0.15) is 10.2 Å². The van der Waals surface area contributed by atoms with Gasteiger partial charge in [-0.1, -0.05) is 42.5 Å². The summed E-state index contributed by atoms with van der Waals surface area (Å²) >= 11 is 0. The highest BCUT2D eigenvalue weighted by molar-refractivity contribution is 5.99. The normalized spacial score (nSPS) is 11.4. The third kappa shape index (κ3) is 4.36. The molecule has 178 valence electrons. The first-order valence-corrected chi connectivity index (χ1v) is 11.5. The van der Waals surface area contributed by atoms with Crippen LogP contribution in [0.2, 0.25) is 0 Å². The monoisotopic (exact) mass is 475 g/mol. The van der Waals surface area contributed by atoms with Crippen molar-refractivity contribution in [3.05, 3.63) is 96.1 Å². The van der Waals surface area contributed by atoms with Gasteiger partial charge in [-0.25, -0.2) is 9.97 Å². The maximum atomic E-state index is 13.5. The zero-order valence-corrected chi connectivity index (χ0v) is 20.2. The number of fused-ring (bicyclic) bond motifs is 1. The van der Waals surface area contributed by atoms with Crippen molar-refractivity contribution in [1.29, 1.82) is 0 Å². The quantitative estimate of drug-likeness (QED) is 0.378. The molecule has 0 radical (unpaired) electrons. The summed E-state index contributed by atoms with van der Waals surface area (Å²) in [5.74, 6) is -0.400. The molecule has 8 heteroatoms. The fraction of sp³-hybridized carbons (Fsp3) is 0.143. The van der Waals surface area contributed by atoms with E-state index in [-0.39, 0.29) is 11.5 Å². The molecule has 0 saturated carbocycles. The fourth-order valence-corrected chi connectivity index (χ4v) is 4.25. The molecule has 3 heterocycles. The molecule has 0 atom stereocenters. The molecule has 3 N–H and O–H groups in total. The maximum Gasteiger partial charge on any atom is 0.274 e. The van der Waals surface area contributed by atoms with E-state index in [0.29, 0.717) is 17.1 Å². The van der Waals surface area contributed by atoms with Crippen LogP contribution in [0, 0.1) is 6.92 Å². The Balaban J connectivity index is 1.62. The molecule has 2 aromatic carbocycles. The van der Waals surface area contributed by atoms with Crippen molar-refractivity contribution in [3.63, 3.8) is 0 Å². The Bertz CT molecular complexity index is 1580. The highest BCUT2D eigenvalue weighted by atomic mass is 16.2. The summed E-state index contributed by atoms with van der Waals surface area (Å²) in [5, 5.41) is 12.2. The smallest absolute Gasteiger partial charge is 0.274 e. The number of rotatable bonds is 5. The summed E-state index contributed by atoms with van der Waals surface area (Å²) in [4.78, 5) is 27.3. The molecule has 5 rings (SSSR count). The number of nitrogens with zero attached hydrogens (tertiary/aromatic N) is 5. The number of aryl methyl sites for hydroxylation is 1. The van der Waals surface area contributed by atoms with Crippen molar-refractivity contribution in [2.24, 2.45) is 0 Å². The molecule has 0 spiro atoms. The number of carbonyl (C=O) groups is 1. The standard InChI is InChI=1S/C28H25N7O/c1-17-13-15-31-35-25(17)28(2,3)34-27(36)24-26(29)33-22(18-8-5-4-6-9-18)23(32-24)20-11-12-21-19(16-20)10-7-14-30-21/h4-16H,1-3H3,(H2,29,33)(H,34,36). The second kappa shape index (κ2) is 9.14. The van der Waals surface area contributed by atoms with Crippen molar-refractivity contribution in [2.45, 2.75) is 26.3 Å². The van der Waals surface area contributed by atoms with Crippen LogP contribution in [0.5, 0.6) is 0 Å². The highest BCUT2D eigenvalue weighted by Crippen LogP contribution is 2.32. The van der Waals surface area contributed by atoms with E-state index in [2.05, 4.69) is 25.5 Å². The SMILES string of the molecule is Cc1ccnnc1C(C)(C)NC(=O)c1nc(-c2ccc3ncccc3c2)c(-c2ccccc2)nc1N. The fourth-order valence-electron chi connectivity index (χ4n) is 4.25. The number of nitrogens with one attached hydrogen (secondary N) is 1. The van der Waals surface area contributed by atoms with Crippen LogP contribution in [0.15, 0.2) is 79.1 Å². The summed E-state index contributed by atoms with van der Waals surface area (Å²) in [6.07, 6.45) is 3.37. The van der Waals surface area contributed by atoms with Crippen molar-refractivity contribution < 1.29 is 4.79 Å². The molecule has 0 fully saturated rings. The highest BCUT2D eigenvalue weighted by Gasteiger charge is 2.29. The molecule has 0 aliphatic rings. The van der Waals surface area contributed by atoms with Gasteiger partial charge in [0, 0.05) is 28.9 Å². The lowest BCUT2D eigenvalue weighted by atomic mass is 9.96. The zero-order valence-electron chi connectivity index (χ0n) is 20.2. The van der Waals surface area contributed by atoms with Crippen LogP contribution < -0.4 is 11.1 Å². The molecule has 5 aromatic rings. The van der Waals surface area contributed by atoms with Gasteiger partial charge in [0.25, 0.3) is 5.91 Å². The molecule has 0 saturated heterocycles. The van der Waals surface area contributed by atoms with Crippen LogP contribution in [0.25, 0.3) is 33.4 Å². The second-order valence-electron chi connectivity index (χ2n) is 9.07. The van der Waals surface area contributed by atoms with E-state index < -0.39 is 11.4 Å². The Hall–Kier alpha value is -4.72. The number of hydrogen-bond acceptors (Lipinski definition) is 7. The van der Waals surface area contributed by atoms with Crippen LogP contribution in [0.3, 0.4) is 0 Å². The number of carbonyl (C=O) groups excluding carboxylic acids is 1. The largest absolute Gasteiger partial charge is 0.382 e. The lowest BCUT2D eigenvalue weighted by molar-refractivity contribution is 0.0905. The molecule has 3 aromatic heterocycles. The number of amides is 1. The van der Waals surface area contributed by atoms with Crippen molar-refractivity contribution in [2.75, 3.05) is 5.73 Å². The topological polar surface area (TPSA) is 120 Å². The summed E-state index contributed by atoms with van der Waals surface area (Å²) in [6.45, 7) is 5.65. The van der Waals surface area contributed by atoms with Gasteiger partial charge < -0.3 is 11.1 Å². The van der Waals surface area contributed by atoms with E-state index in [1.54, 1.807) is 12.4 Å². The zero-order chi connectivity index (χ0) is 25.3. The molecule has 1 amide bonds. The van der Waals surface area contributed by atoms with E-state index in [1.165, 1.54) is 0 Å². The number of benzene rings is 2. The first-order valence-electron chi connectivity index (χ1n) is 11.5. The minimum atomic E-state index is -0.809. The van der Waals surface area contributed by atoms with Gasteiger partial charge >= 0.3 is 0 Å². The van der Waals surface area contributed by atoms with Crippen LogP contribution in [-0.4, -0.2) is 31.1 Å². The maximum absolute atomic E-state index is 13.5. The summed E-state index contributed by atoms with van der Waals surface area (Å²) in [6, 6.07) is 21.2. The third-order valence-electron chi connectivity index (χ3n) is 6.00. The average molecular weight is 476 g/mol. The van der Waals surface area contributed by atoms with Gasteiger partial charge in [-0.15, -0.1) is 0 Å². The minimum Gasteiger partial charge on any atom is -0.382 e. The molecular weight excluding hydrogens is 450 g/mol. The van der Waals surface area contributed by atoms with E-state index in [0.717, 1.165) is 27.6 Å². The van der Waals surface area contributed by atoms with Gasteiger partial charge in [-0.3, -0.25) is 9.78 Å². The number of pyridine rings is 1. The molecule has 0 bridgehead atoms. The van der Waals surface area contributed by atoms with E-state index in [1.807, 2.05) is 87.5 Å². The predicted octanol–water partition coefficient (Wildman–Crippen LogP) is 4.70. The van der Waals surface area contributed by atoms with Gasteiger partial charge in [0.2, 0.25) is 0 Å². The summed E-state index contributed by atoms with van der Waals surface area (Å²) < 4.78 is 0. The third-order valence-corrected chi connectivity index (χ3v) is 6.00. The first-order chi connectivity index (χ1) is 17.3. The van der Waals surface area contributed by atoms with E-state index in [9.17, 15) is 4.79 Å². The van der Waals surface area contributed by atoms with Crippen molar-refractivity contribution in [3.8, 4) is 22.5 Å². The molecule has 36 heavy (non-hydrogen) atoms. The predicted molar refractivity (Wildman–Crippen MR) is 140 cm³/mol. The number of hydrogen-bond donors (Lipinski definition) is 2.